The normalized spacial score (nSPS) is 15.1. The van der Waals surface area contributed by atoms with Gasteiger partial charge in [0.2, 0.25) is 0 Å². The Morgan fingerprint density at radius 2 is 0.684 bits per heavy atom. The SMILES string of the molecule is CC(=NCC(=O)c1ccc(C(=O)CCc2ccc(C(=O)NCC3CCCO3)cc2)s1)c1csc(-c2ccc(Br)cc2)c1O.CC(=NCC(=O)c1ccc(C(=O)CCc2ccc(C(=O)NCC3CCCO3)cc2)s1)c1csc(-c2ccc(C(C)(C)C)cc2)c1O.CC(=NCC(=O)c1ccc(C(=O)CCc2ccc(C(=O)NCC3CCCO3)cc2)s1)c1csc(-c2ccc(Cl)c(Cl)c2)c1O. The molecule has 3 amide bonds. The molecule has 6 N–H and O–H groups in total. The number of nitrogens with zero attached hydrogens (tertiary/aromatic N) is 3. The van der Waals surface area contributed by atoms with Crippen LogP contribution in [0.15, 0.2) is 212 Å². The van der Waals surface area contributed by atoms with Gasteiger partial charge in [-0.05, 0) is 220 Å². The minimum Gasteiger partial charge on any atom is -0.506 e. The van der Waals surface area contributed by atoms with Gasteiger partial charge in [-0.15, -0.1) is 68.0 Å². The molecule has 15 rings (SSSR count). The van der Waals surface area contributed by atoms with Crippen LogP contribution in [0.3, 0.4) is 0 Å². The van der Waals surface area contributed by atoms with Crippen LogP contribution in [0.5, 0.6) is 17.2 Å². The van der Waals surface area contributed by atoms with Crippen molar-refractivity contribution in [2.75, 3.05) is 59.1 Å². The highest BCUT2D eigenvalue weighted by Crippen LogP contribution is 2.44. The van der Waals surface area contributed by atoms with Crippen molar-refractivity contribution in [2.45, 2.75) is 142 Å². The van der Waals surface area contributed by atoms with Crippen molar-refractivity contribution in [1.29, 1.82) is 0 Å². The summed E-state index contributed by atoms with van der Waals surface area (Å²) in [5.41, 5.74) is 11.9. The number of amides is 3. The maximum atomic E-state index is 12.9. The molecule has 3 fully saturated rings. The third-order valence-electron chi connectivity index (χ3n) is 22.7. The van der Waals surface area contributed by atoms with E-state index >= 15 is 0 Å². The summed E-state index contributed by atoms with van der Waals surface area (Å²) >= 11 is 23.3. The summed E-state index contributed by atoms with van der Waals surface area (Å²) in [7, 11) is 0. The number of aliphatic imine (C=N–C) groups is 3. The summed E-state index contributed by atoms with van der Waals surface area (Å²) in [4.78, 5) is 133. The van der Waals surface area contributed by atoms with Crippen molar-refractivity contribution < 1.29 is 72.7 Å². The van der Waals surface area contributed by atoms with Crippen molar-refractivity contribution in [3.05, 3.63) is 291 Å². The van der Waals surface area contributed by atoms with Gasteiger partial charge in [-0.3, -0.25) is 58.1 Å². The van der Waals surface area contributed by atoms with Crippen LogP contribution in [-0.2, 0) is 38.9 Å². The van der Waals surface area contributed by atoms with Gasteiger partial charge in [0.15, 0.2) is 34.7 Å². The number of ether oxygens (including phenoxy) is 3. The lowest BCUT2D eigenvalue weighted by Gasteiger charge is -2.19. The molecule has 0 bridgehead atoms. The van der Waals surface area contributed by atoms with Crippen LogP contribution in [0.1, 0.15) is 227 Å². The van der Waals surface area contributed by atoms with E-state index in [0.717, 1.165) is 117 Å². The Balaban J connectivity index is 0.000000169. The lowest BCUT2D eigenvalue weighted by Crippen LogP contribution is -2.31. The molecule has 6 aromatic carbocycles. The first-order valence-corrected chi connectivity index (χ1v) is 50.3. The van der Waals surface area contributed by atoms with Gasteiger partial charge >= 0.3 is 0 Å². The molecule has 21 nitrogen and oxygen atoms in total. The summed E-state index contributed by atoms with van der Waals surface area (Å²) in [6.07, 6.45) is 8.75. The first-order valence-electron chi connectivity index (χ1n) is 43.7. The average Bonchev–Trinajstić information content (AvgIpc) is 1.69. The van der Waals surface area contributed by atoms with Gasteiger partial charge < -0.3 is 45.5 Å². The number of hydrogen-bond donors (Lipinski definition) is 6. The molecule has 12 aromatic rings. The van der Waals surface area contributed by atoms with E-state index in [2.05, 4.69) is 79.8 Å². The molecule has 0 radical (unpaired) electrons. The van der Waals surface area contributed by atoms with Gasteiger partial charge in [0, 0.05) is 130 Å². The Hall–Kier alpha value is -10.7. The van der Waals surface area contributed by atoms with Gasteiger partial charge in [0.05, 0.1) is 72.3 Å². The Kier molecular flexibility index (Phi) is 35.6. The summed E-state index contributed by atoms with van der Waals surface area (Å²) < 4.78 is 17.6. The first-order chi connectivity index (χ1) is 64.0. The van der Waals surface area contributed by atoms with Gasteiger partial charge in [0.1, 0.15) is 36.9 Å². The highest BCUT2D eigenvalue weighted by molar-refractivity contribution is 9.10. The van der Waals surface area contributed by atoms with Crippen LogP contribution in [0.25, 0.3) is 31.3 Å². The number of ketones is 6. The number of hydrogen-bond acceptors (Lipinski definition) is 24. The average molecular weight is 2010 g/mol. The number of rotatable bonds is 36. The number of benzene rings is 6. The molecule has 3 unspecified atom stereocenters. The van der Waals surface area contributed by atoms with Crippen LogP contribution >= 0.6 is 107 Å². The second kappa shape index (κ2) is 47.5. The number of aromatic hydroxyl groups is 3. The van der Waals surface area contributed by atoms with Crippen LogP contribution in [-0.4, -0.2) is 162 Å². The van der Waals surface area contributed by atoms with Gasteiger partial charge in [0.25, 0.3) is 17.7 Å². The zero-order valence-corrected chi connectivity index (χ0v) is 82.2. The number of carbonyl (C=O) groups is 9. The Morgan fingerprint density at radius 3 is 0.977 bits per heavy atom. The van der Waals surface area contributed by atoms with Crippen molar-refractivity contribution >= 4 is 177 Å². The quantitative estimate of drug-likeness (QED) is 0.0157. The molecular formula is C103H101BrCl2N6O15S6. The first kappa shape index (κ1) is 99.8. The molecule has 690 valence electrons. The summed E-state index contributed by atoms with van der Waals surface area (Å²) in [5.74, 6) is -0.708. The van der Waals surface area contributed by atoms with E-state index in [1.165, 1.54) is 62.2 Å². The second-order valence-electron chi connectivity index (χ2n) is 33.3. The van der Waals surface area contributed by atoms with Crippen LogP contribution in [0, 0.1) is 0 Å². The Labute approximate surface area is 815 Å². The maximum absolute atomic E-state index is 12.9. The minimum absolute atomic E-state index is 0.0339. The monoisotopic (exact) mass is 2000 g/mol. The molecule has 6 aromatic heterocycles. The Morgan fingerprint density at radius 1 is 0.391 bits per heavy atom. The van der Waals surface area contributed by atoms with Gasteiger partial charge in [-0.2, -0.15) is 0 Å². The van der Waals surface area contributed by atoms with Gasteiger partial charge in [-0.25, -0.2) is 0 Å². The molecule has 3 saturated heterocycles. The topological polar surface area (TPSA) is 315 Å². The maximum Gasteiger partial charge on any atom is 0.251 e. The zero-order valence-electron chi connectivity index (χ0n) is 74.2. The standard InChI is InChI=1S/C37H40N2O5S2.C33H31BrN2O5S2.C33H30Cl2N2O5S2/c1-23(29-22-45-35(34(29)42)25-12-14-27(15-13-25)37(2,3)4)38-21-31(41)33-18-17-32(46-33)30(40)16-9-24-7-10-26(11-8-24)36(43)39-20-28-6-5-19-44-28;1-20(26-19-42-32(31(26)39)22-9-11-24(34)12-10-22)35-18-28(38)30-15-14-29(43-30)27(37)13-6-21-4-7-23(8-5-21)33(40)36-17-25-3-2-16-41-25;1-19(24-18-43-32(31(24)40)22-9-10-25(34)26(35)15-22)36-17-28(39)30-13-12-29(44-30)27(38)11-6-20-4-7-21(8-5-20)33(41)37-16-23-3-2-14-42-23/h7-8,10-15,17-18,22,28,42H,5-6,9,16,19-21H2,1-4H3,(H,39,43);4-5,7-12,14-15,19,25,39H,2-3,6,13,16-18H2,1H3,(H,36,40);4-5,7-10,12-13,15,18,23,40H,2-3,6,11,14,16-17H2,1H3,(H,37,41). The molecule has 3 atom stereocenters. The van der Waals surface area contributed by atoms with Crippen LogP contribution in [0.4, 0.5) is 0 Å². The van der Waals surface area contributed by atoms with E-state index in [1.54, 1.807) is 117 Å². The van der Waals surface area contributed by atoms with E-state index in [9.17, 15) is 58.5 Å². The lowest BCUT2D eigenvalue weighted by molar-refractivity contribution is 0.0854. The fourth-order valence-electron chi connectivity index (χ4n) is 14.7. The smallest absolute Gasteiger partial charge is 0.251 e. The summed E-state index contributed by atoms with van der Waals surface area (Å²) in [5, 5.41) is 47.6. The van der Waals surface area contributed by atoms with Crippen molar-refractivity contribution in [3.8, 4) is 48.6 Å². The molecule has 9 heterocycles. The van der Waals surface area contributed by atoms with Crippen molar-refractivity contribution in [3.63, 3.8) is 0 Å². The number of halogens is 3. The molecule has 0 aliphatic carbocycles. The van der Waals surface area contributed by atoms with E-state index < -0.39 is 0 Å². The van der Waals surface area contributed by atoms with Crippen LogP contribution in [0.2, 0.25) is 10.0 Å². The molecule has 30 heteroatoms. The third-order valence-corrected chi connectivity index (χ3v) is 30.5. The predicted octanol–water partition coefficient (Wildman–Crippen LogP) is 23.2. The van der Waals surface area contributed by atoms with Gasteiger partial charge in [-0.1, -0.05) is 139 Å². The third kappa shape index (κ3) is 27.6. The predicted molar refractivity (Wildman–Crippen MR) is 539 cm³/mol. The van der Waals surface area contributed by atoms with Crippen molar-refractivity contribution in [1.82, 2.24) is 16.0 Å². The molecular weight excluding hydrogens is 1900 g/mol. The zero-order chi connectivity index (χ0) is 94.4. The fraction of sp³-hybridized carbons (Fsp3) is 0.301. The highest BCUT2D eigenvalue weighted by Gasteiger charge is 2.26. The van der Waals surface area contributed by atoms with E-state index in [1.807, 2.05) is 83.6 Å². The second-order valence-corrected chi connectivity index (χ2v) is 40.9. The summed E-state index contributed by atoms with van der Waals surface area (Å²) in [6.45, 7) is 15.3. The van der Waals surface area contributed by atoms with E-state index in [-0.39, 0.29) is 119 Å². The summed E-state index contributed by atoms with van der Waals surface area (Å²) in [6, 6.07) is 52.9. The number of aryl methyl sites for hydroxylation is 3. The molecule has 0 saturated carbocycles. The fourth-order valence-corrected chi connectivity index (χ4v) is 21.0. The lowest BCUT2D eigenvalue weighted by atomic mass is 9.86. The largest absolute Gasteiger partial charge is 0.506 e. The highest BCUT2D eigenvalue weighted by atomic mass is 79.9. The minimum atomic E-state index is -0.207. The number of carbonyl (C=O) groups excluding carboxylic acids is 9. The molecule has 3 aliphatic rings. The number of Topliss-reactive ketones (excluding diaryl/α,β-unsaturated/α-hetero) is 6. The molecule has 0 spiro atoms. The molecule has 133 heavy (non-hydrogen) atoms. The Bertz CT molecular complexity index is 6260. The van der Waals surface area contributed by atoms with E-state index in [0.29, 0.717) is 146 Å². The number of nitrogens with one attached hydrogen (secondary N) is 3. The van der Waals surface area contributed by atoms with Crippen LogP contribution < -0.4 is 16.0 Å². The van der Waals surface area contributed by atoms with Crippen molar-refractivity contribution in [2.24, 2.45) is 15.0 Å². The van der Waals surface area contributed by atoms with E-state index in [4.69, 9.17) is 37.4 Å². The number of thiophene rings is 6. The molecule has 3 aliphatic heterocycles.